The normalized spacial score (nSPS) is 16.2. The van der Waals surface area contributed by atoms with Gasteiger partial charge < -0.3 is 15.4 Å². The van der Waals surface area contributed by atoms with Crippen LogP contribution in [0.25, 0.3) is 0 Å². The molecular formula is C15H22N2O2. The van der Waals surface area contributed by atoms with Gasteiger partial charge in [0.15, 0.2) is 0 Å². The molecule has 0 radical (unpaired) electrons. The highest BCUT2D eigenvalue weighted by Crippen LogP contribution is 2.02. The first-order valence-electron chi connectivity index (χ1n) is 6.96. The average Bonchev–Trinajstić information content (AvgIpc) is 2.46. The largest absolute Gasteiger partial charge is 0.371 e. The van der Waals surface area contributed by atoms with Gasteiger partial charge in [0.25, 0.3) is 0 Å². The minimum Gasteiger partial charge on any atom is -0.371 e. The van der Waals surface area contributed by atoms with E-state index in [9.17, 15) is 4.79 Å². The number of carbonyl (C=O) groups excluding carboxylic acids is 1. The van der Waals surface area contributed by atoms with Gasteiger partial charge in [-0.05, 0) is 37.9 Å². The summed E-state index contributed by atoms with van der Waals surface area (Å²) < 4.78 is 5.41. The Morgan fingerprint density at radius 2 is 2.00 bits per heavy atom. The molecule has 0 unspecified atom stereocenters. The molecule has 1 amide bonds. The summed E-state index contributed by atoms with van der Waals surface area (Å²) >= 11 is 0. The van der Waals surface area contributed by atoms with E-state index in [4.69, 9.17) is 4.74 Å². The summed E-state index contributed by atoms with van der Waals surface area (Å²) in [7, 11) is 0. The fourth-order valence-electron chi connectivity index (χ4n) is 2.24. The van der Waals surface area contributed by atoms with Crippen molar-refractivity contribution in [1.82, 2.24) is 10.6 Å². The fourth-order valence-corrected chi connectivity index (χ4v) is 2.24. The third-order valence-corrected chi connectivity index (χ3v) is 3.32. The second-order valence-electron chi connectivity index (χ2n) is 4.88. The number of ether oxygens (including phenoxy) is 1. The Balaban J connectivity index is 1.56. The van der Waals surface area contributed by atoms with E-state index in [1.165, 1.54) is 5.56 Å². The molecule has 0 aliphatic carbocycles. The lowest BCUT2D eigenvalue weighted by molar-refractivity contribution is -0.126. The molecular weight excluding hydrogens is 240 g/mol. The highest BCUT2D eigenvalue weighted by atomic mass is 16.5. The molecule has 1 saturated heterocycles. The van der Waals surface area contributed by atoms with Crippen molar-refractivity contribution >= 4 is 5.91 Å². The third kappa shape index (κ3) is 5.41. The summed E-state index contributed by atoms with van der Waals surface area (Å²) in [6.45, 7) is 2.72. The molecule has 4 nitrogen and oxygen atoms in total. The van der Waals surface area contributed by atoms with Crippen molar-refractivity contribution < 1.29 is 9.53 Å². The maximum atomic E-state index is 11.7. The second-order valence-corrected chi connectivity index (χ2v) is 4.88. The second kappa shape index (κ2) is 7.92. The van der Waals surface area contributed by atoms with Crippen molar-refractivity contribution in [3.05, 3.63) is 35.9 Å². The monoisotopic (exact) mass is 262 g/mol. The molecule has 104 valence electrons. The molecule has 0 spiro atoms. The lowest BCUT2D eigenvalue weighted by atomic mass is 10.1. The molecule has 1 fully saturated rings. The topological polar surface area (TPSA) is 50.4 Å². The number of nitrogens with one attached hydrogen (secondary N) is 2. The van der Waals surface area contributed by atoms with E-state index in [1.54, 1.807) is 0 Å². The Morgan fingerprint density at radius 1 is 1.26 bits per heavy atom. The summed E-state index contributed by atoms with van der Waals surface area (Å²) in [6, 6.07) is 10.5. The number of amides is 1. The molecule has 0 aromatic heterocycles. The quantitative estimate of drug-likeness (QED) is 0.755. The lowest BCUT2D eigenvalue weighted by Crippen LogP contribution is -2.44. The van der Waals surface area contributed by atoms with Crippen LogP contribution >= 0.6 is 0 Å². The molecule has 2 N–H and O–H groups in total. The number of benzene rings is 1. The summed E-state index contributed by atoms with van der Waals surface area (Å²) in [5.74, 6) is -0.0000355. The molecule has 1 aromatic carbocycles. The first kappa shape index (κ1) is 14.0. The van der Waals surface area contributed by atoms with E-state index < -0.39 is 0 Å². The first-order valence-corrected chi connectivity index (χ1v) is 6.96. The summed E-state index contributed by atoms with van der Waals surface area (Å²) in [5, 5.41) is 6.29. The molecule has 0 bridgehead atoms. The molecule has 0 saturated carbocycles. The Bertz CT molecular complexity index is 375. The van der Waals surface area contributed by atoms with Crippen molar-refractivity contribution in [3.8, 4) is 0 Å². The smallest absolute Gasteiger partial charge is 0.246 e. The SMILES string of the molecule is O=C(COCCc1ccccc1)NC1CCNCC1. The Kier molecular flexibility index (Phi) is 5.85. The van der Waals surface area contributed by atoms with E-state index in [-0.39, 0.29) is 12.5 Å². The number of hydrogen-bond acceptors (Lipinski definition) is 3. The summed E-state index contributed by atoms with van der Waals surface area (Å²) in [5.41, 5.74) is 1.24. The van der Waals surface area contributed by atoms with Crippen LogP contribution in [0.2, 0.25) is 0 Å². The zero-order valence-electron chi connectivity index (χ0n) is 11.2. The van der Waals surface area contributed by atoms with Crippen LogP contribution in [0.1, 0.15) is 18.4 Å². The van der Waals surface area contributed by atoms with Gasteiger partial charge in [-0.3, -0.25) is 4.79 Å². The van der Waals surface area contributed by atoms with Gasteiger partial charge in [-0.2, -0.15) is 0 Å². The van der Waals surface area contributed by atoms with E-state index in [0.717, 1.165) is 32.4 Å². The van der Waals surface area contributed by atoms with Gasteiger partial charge in [-0.1, -0.05) is 30.3 Å². The van der Waals surface area contributed by atoms with Crippen molar-refractivity contribution in [2.24, 2.45) is 0 Å². The average molecular weight is 262 g/mol. The molecule has 2 rings (SSSR count). The van der Waals surface area contributed by atoms with Crippen molar-refractivity contribution in [2.75, 3.05) is 26.3 Å². The number of hydrogen-bond donors (Lipinski definition) is 2. The standard InChI is InChI=1S/C15H22N2O2/c18-15(17-14-6-9-16-10-7-14)12-19-11-8-13-4-2-1-3-5-13/h1-5,14,16H,6-12H2,(H,17,18). The fraction of sp³-hybridized carbons (Fsp3) is 0.533. The predicted molar refractivity (Wildman–Crippen MR) is 75.0 cm³/mol. The van der Waals surface area contributed by atoms with Gasteiger partial charge >= 0.3 is 0 Å². The van der Waals surface area contributed by atoms with E-state index in [1.807, 2.05) is 18.2 Å². The molecule has 0 atom stereocenters. The van der Waals surface area contributed by atoms with Crippen LogP contribution in [-0.2, 0) is 16.0 Å². The zero-order valence-corrected chi connectivity index (χ0v) is 11.2. The summed E-state index contributed by atoms with van der Waals surface area (Å²) in [4.78, 5) is 11.7. The van der Waals surface area contributed by atoms with E-state index in [2.05, 4.69) is 22.8 Å². The summed E-state index contributed by atoms with van der Waals surface area (Å²) in [6.07, 6.45) is 2.87. The van der Waals surface area contributed by atoms with Crippen LogP contribution in [0.3, 0.4) is 0 Å². The van der Waals surface area contributed by atoms with E-state index in [0.29, 0.717) is 12.6 Å². The molecule has 1 aliphatic rings. The number of rotatable bonds is 6. The third-order valence-electron chi connectivity index (χ3n) is 3.32. The maximum Gasteiger partial charge on any atom is 0.246 e. The molecule has 19 heavy (non-hydrogen) atoms. The van der Waals surface area contributed by atoms with Crippen LogP contribution in [-0.4, -0.2) is 38.3 Å². The molecule has 1 aliphatic heterocycles. The lowest BCUT2D eigenvalue weighted by Gasteiger charge is -2.23. The van der Waals surface area contributed by atoms with Crippen LogP contribution in [0, 0.1) is 0 Å². The van der Waals surface area contributed by atoms with Crippen LogP contribution < -0.4 is 10.6 Å². The minimum atomic E-state index is -0.0000355. The van der Waals surface area contributed by atoms with Gasteiger partial charge in [0, 0.05) is 6.04 Å². The number of piperidine rings is 1. The van der Waals surface area contributed by atoms with Crippen LogP contribution in [0.15, 0.2) is 30.3 Å². The zero-order chi connectivity index (χ0) is 13.3. The van der Waals surface area contributed by atoms with Gasteiger partial charge in [0.2, 0.25) is 5.91 Å². The Hall–Kier alpha value is -1.39. The van der Waals surface area contributed by atoms with Crippen LogP contribution in [0.4, 0.5) is 0 Å². The molecule has 4 heteroatoms. The Labute approximate surface area is 114 Å². The Morgan fingerprint density at radius 3 is 2.74 bits per heavy atom. The predicted octanol–water partition coefficient (Wildman–Crippen LogP) is 1.11. The highest BCUT2D eigenvalue weighted by Gasteiger charge is 2.14. The van der Waals surface area contributed by atoms with E-state index >= 15 is 0 Å². The number of carbonyl (C=O) groups is 1. The van der Waals surface area contributed by atoms with Gasteiger partial charge in [-0.25, -0.2) is 0 Å². The first-order chi connectivity index (χ1) is 9.34. The van der Waals surface area contributed by atoms with Crippen molar-refractivity contribution in [1.29, 1.82) is 0 Å². The van der Waals surface area contributed by atoms with Gasteiger partial charge in [-0.15, -0.1) is 0 Å². The van der Waals surface area contributed by atoms with Crippen molar-refractivity contribution in [2.45, 2.75) is 25.3 Å². The maximum absolute atomic E-state index is 11.7. The van der Waals surface area contributed by atoms with Gasteiger partial charge in [0.05, 0.1) is 6.61 Å². The molecule has 1 heterocycles. The van der Waals surface area contributed by atoms with Crippen LogP contribution in [0.5, 0.6) is 0 Å². The highest BCUT2D eigenvalue weighted by molar-refractivity contribution is 5.77. The molecule has 1 aromatic rings. The van der Waals surface area contributed by atoms with Gasteiger partial charge in [0.1, 0.15) is 6.61 Å². The van der Waals surface area contributed by atoms with Crippen molar-refractivity contribution in [3.63, 3.8) is 0 Å². The minimum absolute atomic E-state index is 0.0000355.